The van der Waals surface area contributed by atoms with E-state index < -0.39 is 0 Å². The van der Waals surface area contributed by atoms with Crippen molar-refractivity contribution in [3.05, 3.63) is 0 Å². The molecule has 0 saturated carbocycles. The number of hydrogen-bond acceptors (Lipinski definition) is 4. The molecule has 1 atom stereocenters. The second-order valence-electron chi connectivity index (χ2n) is 7.95. The van der Waals surface area contributed by atoms with Gasteiger partial charge in [-0.15, -0.1) is 0 Å². The first-order valence-electron chi connectivity index (χ1n) is 14.1. The molecule has 4 heteroatoms. The van der Waals surface area contributed by atoms with Gasteiger partial charge in [-0.25, -0.2) is 0 Å². The Morgan fingerprint density at radius 2 is 1.32 bits per heavy atom. The topological polar surface area (TPSA) is 39.3 Å². The maximum atomic E-state index is 3.48. The molecule has 2 rings (SSSR count). The van der Waals surface area contributed by atoms with Gasteiger partial charge in [-0.3, -0.25) is 0 Å². The average Bonchev–Trinajstić information content (AvgIpc) is 3.31. The maximum Gasteiger partial charge on any atom is 0.00223 e. The van der Waals surface area contributed by atoms with E-state index in [9.17, 15) is 0 Å². The molecule has 2 saturated heterocycles. The summed E-state index contributed by atoms with van der Waals surface area (Å²) in [6, 6.07) is 0. The summed E-state index contributed by atoms with van der Waals surface area (Å²) in [5.74, 6) is 1.83. The Hall–Kier alpha value is -0.160. The van der Waals surface area contributed by atoms with E-state index in [4.69, 9.17) is 0 Å². The lowest BCUT2D eigenvalue weighted by molar-refractivity contribution is 0.234. The van der Waals surface area contributed by atoms with Crippen molar-refractivity contribution in [3.63, 3.8) is 0 Å². The summed E-state index contributed by atoms with van der Waals surface area (Å²) in [4.78, 5) is 2.65. The Morgan fingerprint density at radius 3 is 1.77 bits per heavy atom. The largest absolute Gasteiger partial charge is 0.316 e. The Bertz CT molecular complexity index is 276. The van der Waals surface area contributed by atoms with Crippen LogP contribution in [-0.4, -0.2) is 63.8 Å². The van der Waals surface area contributed by atoms with Crippen LogP contribution in [0.2, 0.25) is 0 Å². The van der Waals surface area contributed by atoms with Crippen LogP contribution in [0, 0.1) is 11.8 Å². The minimum absolute atomic E-state index is 0.914. The molecule has 0 aliphatic carbocycles. The third-order valence-corrected chi connectivity index (χ3v) is 5.30. The van der Waals surface area contributed by atoms with Crippen LogP contribution in [0.15, 0.2) is 0 Å². The van der Waals surface area contributed by atoms with Gasteiger partial charge in [-0.2, -0.15) is 0 Å². The van der Waals surface area contributed by atoms with Crippen LogP contribution in [0.4, 0.5) is 0 Å². The number of unbranched alkanes of at least 4 members (excludes halogenated alkanes) is 3. The molecule has 2 aliphatic heterocycles. The van der Waals surface area contributed by atoms with Gasteiger partial charge in [0.15, 0.2) is 0 Å². The molecule has 2 aliphatic rings. The summed E-state index contributed by atoms with van der Waals surface area (Å²) < 4.78 is 0. The monoisotopic (exact) mass is 445 g/mol. The fraction of sp³-hybridized carbons (Fsp3) is 1.00. The van der Waals surface area contributed by atoms with Crippen molar-refractivity contribution in [1.29, 1.82) is 0 Å². The molecule has 192 valence electrons. The summed E-state index contributed by atoms with van der Waals surface area (Å²) in [5.41, 5.74) is 0. The van der Waals surface area contributed by atoms with E-state index in [0.717, 1.165) is 11.8 Å². The number of nitrogens with zero attached hydrogens (tertiary/aromatic N) is 1. The van der Waals surface area contributed by atoms with Gasteiger partial charge in [-0.1, -0.05) is 81.6 Å². The summed E-state index contributed by atoms with van der Waals surface area (Å²) >= 11 is 0. The van der Waals surface area contributed by atoms with Crippen LogP contribution >= 0.6 is 0 Å². The first kappa shape index (κ1) is 35.4. The summed E-state index contributed by atoms with van der Waals surface area (Å²) in [5, 5.41) is 10.2. The number of nitrogens with one attached hydrogen (secondary N) is 3. The van der Waals surface area contributed by atoms with E-state index in [0.29, 0.717) is 0 Å². The molecule has 0 spiro atoms. The molecule has 4 nitrogen and oxygen atoms in total. The van der Waals surface area contributed by atoms with Crippen molar-refractivity contribution in [3.8, 4) is 0 Å². The molecule has 1 unspecified atom stereocenters. The summed E-state index contributed by atoms with van der Waals surface area (Å²) in [6.07, 6.45) is 9.40. The first-order valence-corrected chi connectivity index (χ1v) is 14.1. The highest BCUT2D eigenvalue weighted by atomic mass is 15.1. The second-order valence-corrected chi connectivity index (χ2v) is 7.95. The van der Waals surface area contributed by atoms with Crippen molar-refractivity contribution < 1.29 is 0 Å². The zero-order valence-electron chi connectivity index (χ0n) is 23.4. The highest BCUT2D eigenvalue weighted by molar-refractivity contribution is 4.76. The lowest BCUT2D eigenvalue weighted by Gasteiger charge is -2.27. The van der Waals surface area contributed by atoms with Crippen molar-refractivity contribution in [2.24, 2.45) is 11.8 Å². The highest BCUT2D eigenvalue weighted by Crippen LogP contribution is 2.10. The standard InChI is InChI=1S/C12H26N2.C9H20N2.3C2H6/c1-3-5-9-14(8-4-2)11-12-6-7-13-10-12;1-2-3-4-5-10-6-9-7-11-8-9;3*1-2/h12-13H,3-11H2,1-2H3;9-11H,2-8H2,1H3;3*1-2H3. The van der Waals surface area contributed by atoms with Gasteiger partial charge in [0, 0.05) is 26.2 Å². The second kappa shape index (κ2) is 32.0. The van der Waals surface area contributed by atoms with E-state index in [1.807, 2.05) is 41.5 Å². The SMILES string of the molecule is CC.CC.CC.CCCCCNCC1CNC1.CCCCN(CCC)CC1CCNC1. The lowest BCUT2D eigenvalue weighted by Crippen LogP contribution is -2.47. The van der Waals surface area contributed by atoms with E-state index in [1.54, 1.807) is 0 Å². The zero-order valence-corrected chi connectivity index (χ0v) is 23.4. The van der Waals surface area contributed by atoms with E-state index in [-0.39, 0.29) is 0 Å². The molecule has 31 heavy (non-hydrogen) atoms. The van der Waals surface area contributed by atoms with Crippen LogP contribution in [0.3, 0.4) is 0 Å². The number of rotatable bonds is 13. The smallest absolute Gasteiger partial charge is 0.00223 e. The molecule has 2 heterocycles. The molecular weight excluding hydrogens is 380 g/mol. The van der Waals surface area contributed by atoms with Crippen LogP contribution in [0.25, 0.3) is 0 Å². The normalized spacial score (nSPS) is 17.0. The Kier molecular flexibility index (Phi) is 36.6. The van der Waals surface area contributed by atoms with Gasteiger partial charge in [0.05, 0.1) is 0 Å². The molecule has 2 fully saturated rings. The van der Waals surface area contributed by atoms with Crippen LogP contribution < -0.4 is 16.0 Å². The van der Waals surface area contributed by atoms with Gasteiger partial charge in [0.25, 0.3) is 0 Å². The molecule has 0 amide bonds. The van der Waals surface area contributed by atoms with Crippen molar-refractivity contribution >= 4 is 0 Å². The van der Waals surface area contributed by atoms with Gasteiger partial charge in [0.2, 0.25) is 0 Å². The summed E-state index contributed by atoms with van der Waals surface area (Å²) in [7, 11) is 0. The van der Waals surface area contributed by atoms with E-state index >= 15 is 0 Å². The quantitative estimate of drug-likeness (QED) is 0.297. The minimum Gasteiger partial charge on any atom is -0.316 e. The van der Waals surface area contributed by atoms with E-state index in [1.165, 1.54) is 104 Å². The fourth-order valence-corrected chi connectivity index (χ4v) is 3.53. The van der Waals surface area contributed by atoms with Crippen molar-refractivity contribution in [2.45, 2.75) is 107 Å². The van der Waals surface area contributed by atoms with Gasteiger partial charge >= 0.3 is 0 Å². The highest BCUT2D eigenvalue weighted by Gasteiger charge is 2.17. The van der Waals surface area contributed by atoms with Crippen molar-refractivity contribution in [2.75, 3.05) is 58.9 Å². The zero-order chi connectivity index (χ0) is 24.2. The van der Waals surface area contributed by atoms with Gasteiger partial charge in [0.1, 0.15) is 0 Å². The Labute approximate surface area is 199 Å². The van der Waals surface area contributed by atoms with Gasteiger partial charge in [-0.05, 0) is 70.2 Å². The third-order valence-electron chi connectivity index (χ3n) is 5.30. The molecule has 0 bridgehead atoms. The summed E-state index contributed by atoms with van der Waals surface area (Å²) in [6.45, 7) is 30.1. The lowest BCUT2D eigenvalue weighted by atomic mass is 10.0. The van der Waals surface area contributed by atoms with Crippen LogP contribution in [0.5, 0.6) is 0 Å². The fourth-order valence-electron chi connectivity index (χ4n) is 3.53. The average molecular weight is 445 g/mol. The molecule has 3 N–H and O–H groups in total. The first-order chi connectivity index (χ1) is 15.3. The molecule has 0 aromatic heterocycles. The Morgan fingerprint density at radius 1 is 0.710 bits per heavy atom. The molecule has 0 aromatic rings. The molecule has 0 aromatic carbocycles. The van der Waals surface area contributed by atoms with Crippen LogP contribution in [-0.2, 0) is 0 Å². The van der Waals surface area contributed by atoms with Crippen LogP contribution in [0.1, 0.15) is 107 Å². The van der Waals surface area contributed by atoms with Gasteiger partial charge < -0.3 is 20.9 Å². The van der Waals surface area contributed by atoms with Crippen molar-refractivity contribution in [1.82, 2.24) is 20.9 Å². The Balaban J connectivity index is -0.000000414. The molecule has 0 radical (unpaired) electrons. The number of hydrogen-bond donors (Lipinski definition) is 3. The maximum absolute atomic E-state index is 3.48. The predicted octanol–water partition coefficient (Wildman–Crippen LogP) is 6.17. The minimum atomic E-state index is 0.914. The van der Waals surface area contributed by atoms with E-state index in [2.05, 4.69) is 41.6 Å². The molecular formula is C27H64N4. The third kappa shape index (κ3) is 24.3. The predicted molar refractivity (Wildman–Crippen MR) is 145 cm³/mol.